The Morgan fingerprint density at radius 2 is 1.67 bits per heavy atom. The fourth-order valence-corrected chi connectivity index (χ4v) is 2.04. The molecule has 2 unspecified atom stereocenters. The molecule has 0 aromatic heterocycles. The third-order valence-corrected chi connectivity index (χ3v) is 3.11. The van der Waals surface area contributed by atoms with E-state index in [1.807, 2.05) is 7.05 Å². The van der Waals surface area contributed by atoms with Crippen LogP contribution in [-0.4, -0.2) is 13.1 Å². The van der Waals surface area contributed by atoms with Crippen LogP contribution in [0.4, 0.5) is 13.2 Å². The molecule has 1 rings (SSSR count). The van der Waals surface area contributed by atoms with E-state index in [9.17, 15) is 13.2 Å². The predicted molar refractivity (Wildman–Crippen MR) is 67.5 cm³/mol. The average Bonchev–Trinajstić information content (AvgIpc) is 2.28. The Kier molecular flexibility index (Phi) is 5.20. The first-order valence-corrected chi connectivity index (χ1v) is 6.16. The molecule has 102 valence electrons. The minimum Gasteiger partial charge on any atom is -0.317 e. The van der Waals surface area contributed by atoms with Crippen molar-refractivity contribution in [1.29, 1.82) is 0 Å². The number of rotatable bonds is 5. The number of hydrogen-bond acceptors (Lipinski definition) is 1. The summed E-state index contributed by atoms with van der Waals surface area (Å²) in [6.07, 6.45) is -2.42. The third-order valence-electron chi connectivity index (χ3n) is 3.11. The topological polar surface area (TPSA) is 12.0 Å². The fourth-order valence-electron chi connectivity index (χ4n) is 2.04. The lowest BCUT2D eigenvalue weighted by Crippen LogP contribution is -2.24. The minimum absolute atomic E-state index is 0.425. The minimum atomic E-state index is -4.25. The Morgan fingerprint density at radius 1 is 1.11 bits per heavy atom. The molecule has 2 atom stereocenters. The number of halogens is 3. The first kappa shape index (κ1) is 15.0. The zero-order valence-electron chi connectivity index (χ0n) is 11.0. The van der Waals surface area contributed by atoms with Gasteiger partial charge in [0.2, 0.25) is 0 Å². The molecule has 4 heteroatoms. The van der Waals surface area contributed by atoms with Crippen LogP contribution < -0.4 is 5.32 Å². The molecular weight excluding hydrogens is 239 g/mol. The van der Waals surface area contributed by atoms with Gasteiger partial charge in [-0.2, -0.15) is 13.2 Å². The summed E-state index contributed by atoms with van der Waals surface area (Å²) in [5.74, 6) is 0.448. The lowest BCUT2D eigenvalue weighted by molar-refractivity contribution is -0.137. The van der Waals surface area contributed by atoms with E-state index >= 15 is 0 Å². The summed E-state index contributed by atoms with van der Waals surface area (Å²) in [6.45, 7) is 4.22. The van der Waals surface area contributed by atoms with Gasteiger partial charge >= 0.3 is 6.18 Å². The lowest BCUT2D eigenvalue weighted by Gasteiger charge is -2.17. The molecule has 1 N–H and O–H groups in total. The zero-order chi connectivity index (χ0) is 13.8. The number of alkyl halides is 3. The van der Waals surface area contributed by atoms with Crippen molar-refractivity contribution in [1.82, 2.24) is 5.32 Å². The van der Waals surface area contributed by atoms with Crippen LogP contribution in [-0.2, 0) is 12.6 Å². The van der Waals surface area contributed by atoms with Gasteiger partial charge in [0, 0.05) is 6.04 Å². The summed E-state index contributed by atoms with van der Waals surface area (Å²) in [5, 5.41) is 3.16. The number of benzene rings is 1. The first-order chi connectivity index (χ1) is 8.32. The molecule has 0 saturated carbocycles. The Bertz CT molecular complexity index is 356. The highest BCUT2D eigenvalue weighted by atomic mass is 19.4. The van der Waals surface area contributed by atoms with E-state index in [-0.39, 0.29) is 0 Å². The summed E-state index contributed by atoms with van der Waals surface area (Å²) < 4.78 is 37.2. The number of hydrogen-bond donors (Lipinski definition) is 1. The standard InChI is InChI=1S/C14H20F3N/c1-10(8-11(2)18-3)9-12-4-6-13(7-5-12)14(15,16)17/h4-7,10-11,18H,8-9H2,1-3H3. The van der Waals surface area contributed by atoms with Gasteiger partial charge in [-0.05, 0) is 50.4 Å². The fraction of sp³-hybridized carbons (Fsp3) is 0.571. The second-order valence-electron chi connectivity index (χ2n) is 4.93. The van der Waals surface area contributed by atoms with Crippen molar-refractivity contribution < 1.29 is 13.2 Å². The molecule has 0 spiro atoms. The summed E-state index contributed by atoms with van der Waals surface area (Å²) in [4.78, 5) is 0. The average molecular weight is 259 g/mol. The summed E-state index contributed by atoms with van der Waals surface area (Å²) in [7, 11) is 1.91. The largest absolute Gasteiger partial charge is 0.416 e. The van der Waals surface area contributed by atoms with Crippen molar-refractivity contribution in [3.05, 3.63) is 35.4 Å². The molecule has 0 saturated heterocycles. The van der Waals surface area contributed by atoms with Crippen LogP contribution in [0.2, 0.25) is 0 Å². The van der Waals surface area contributed by atoms with Crippen LogP contribution in [0, 0.1) is 5.92 Å². The Hall–Kier alpha value is -1.03. The molecule has 18 heavy (non-hydrogen) atoms. The van der Waals surface area contributed by atoms with Gasteiger partial charge < -0.3 is 5.32 Å². The maximum atomic E-state index is 12.4. The van der Waals surface area contributed by atoms with E-state index in [4.69, 9.17) is 0 Å². The van der Waals surface area contributed by atoms with Gasteiger partial charge in [-0.15, -0.1) is 0 Å². The summed E-state index contributed by atoms with van der Waals surface area (Å²) >= 11 is 0. The van der Waals surface area contributed by atoms with E-state index < -0.39 is 11.7 Å². The van der Waals surface area contributed by atoms with Crippen molar-refractivity contribution in [3.63, 3.8) is 0 Å². The Morgan fingerprint density at radius 3 is 2.11 bits per heavy atom. The molecule has 0 radical (unpaired) electrons. The second-order valence-corrected chi connectivity index (χ2v) is 4.93. The maximum Gasteiger partial charge on any atom is 0.416 e. The zero-order valence-corrected chi connectivity index (χ0v) is 11.0. The van der Waals surface area contributed by atoms with Gasteiger partial charge in [0.25, 0.3) is 0 Å². The van der Waals surface area contributed by atoms with Crippen LogP contribution in [0.1, 0.15) is 31.4 Å². The van der Waals surface area contributed by atoms with E-state index in [2.05, 4.69) is 19.2 Å². The molecule has 0 amide bonds. The van der Waals surface area contributed by atoms with Crippen LogP contribution in [0.3, 0.4) is 0 Å². The smallest absolute Gasteiger partial charge is 0.317 e. The third kappa shape index (κ3) is 4.69. The Labute approximate surface area is 106 Å². The molecule has 1 aromatic carbocycles. The molecule has 0 aliphatic heterocycles. The monoisotopic (exact) mass is 259 g/mol. The second kappa shape index (κ2) is 6.23. The highest BCUT2D eigenvalue weighted by Crippen LogP contribution is 2.29. The van der Waals surface area contributed by atoms with Crippen molar-refractivity contribution in [2.24, 2.45) is 5.92 Å². The van der Waals surface area contributed by atoms with E-state index in [0.29, 0.717) is 12.0 Å². The van der Waals surface area contributed by atoms with Crippen molar-refractivity contribution >= 4 is 0 Å². The molecule has 0 aliphatic carbocycles. The quantitative estimate of drug-likeness (QED) is 0.846. The highest BCUT2D eigenvalue weighted by molar-refractivity contribution is 5.24. The van der Waals surface area contributed by atoms with E-state index in [0.717, 1.165) is 30.5 Å². The van der Waals surface area contributed by atoms with E-state index in [1.54, 1.807) is 12.1 Å². The van der Waals surface area contributed by atoms with Crippen LogP contribution >= 0.6 is 0 Å². The Balaban J connectivity index is 2.58. The highest BCUT2D eigenvalue weighted by Gasteiger charge is 2.29. The van der Waals surface area contributed by atoms with Gasteiger partial charge in [-0.25, -0.2) is 0 Å². The first-order valence-electron chi connectivity index (χ1n) is 6.16. The van der Waals surface area contributed by atoms with E-state index in [1.165, 1.54) is 0 Å². The van der Waals surface area contributed by atoms with Crippen LogP contribution in [0.15, 0.2) is 24.3 Å². The lowest BCUT2D eigenvalue weighted by atomic mass is 9.94. The van der Waals surface area contributed by atoms with Gasteiger partial charge in [0.05, 0.1) is 5.56 Å². The van der Waals surface area contributed by atoms with Gasteiger partial charge in [-0.1, -0.05) is 19.1 Å². The number of nitrogens with one attached hydrogen (secondary N) is 1. The van der Waals surface area contributed by atoms with Crippen molar-refractivity contribution in [2.75, 3.05) is 7.05 Å². The molecule has 1 aromatic rings. The van der Waals surface area contributed by atoms with Crippen LogP contribution in [0.5, 0.6) is 0 Å². The van der Waals surface area contributed by atoms with Gasteiger partial charge in [0.1, 0.15) is 0 Å². The summed E-state index contributed by atoms with van der Waals surface area (Å²) in [6, 6.07) is 5.88. The molecular formula is C14H20F3N. The van der Waals surface area contributed by atoms with Crippen molar-refractivity contribution in [2.45, 2.75) is 38.9 Å². The SMILES string of the molecule is CNC(C)CC(C)Cc1ccc(C(F)(F)F)cc1. The van der Waals surface area contributed by atoms with Crippen LogP contribution in [0.25, 0.3) is 0 Å². The van der Waals surface area contributed by atoms with Gasteiger partial charge in [-0.3, -0.25) is 0 Å². The molecule has 0 bridgehead atoms. The molecule has 0 aliphatic rings. The van der Waals surface area contributed by atoms with Gasteiger partial charge in [0.15, 0.2) is 0 Å². The molecule has 1 nitrogen and oxygen atoms in total. The maximum absolute atomic E-state index is 12.4. The molecule has 0 fully saturated rings. The normalized spacial score (nSPS) is 15.4. The van der Waals surface area contributed by atoms with Crippen molar-refractivity contribution in [3.8, 4) is 0 Å². The molecule has 0 heterocycles. The predicted octanol–water partition coefficient (Wildman–Crippen LogP) is 3.88. The summed E-state index contributed by atoms with van der Waals surface area (Å²) in [5.41, 5.74) is 0.376.